The summed E-state index contributed by atoms with van der Waals surface area (Å²) >= 11 is 0. The summed E-state index contributed by atoms with van der Waals surface area (Å²) in [6, 6.07) is 31.8. The molecule has 0 fully saturated rings. The first-order chi connectivity index (χ1) is 19.8. The van der Waals surface area contributed by atoms with Gasteiger partial charge in [-0.15, -0.1) is 0 Å². The SMILES string of the molecule is [Mn+2].c1ccc2c(c1)C1=NC2=NC2=NC(=NC3=NC(=NC4=NC(=N1)c1ccccc14)c1ccccc13)c1ccccc12. The maximum Gasteiger partial charge on any atom is 2.00 e. The third kappa shape index (κ3) is 3.53. The molecule has 8 bridgehead atoms. The standard InChI is InChI=1S/C32H16N8.Mn/c1-2-10-18-17(9-1)25-33-26(18)38-28-21-13-5-6-14-22(21)30(35-28)40-32-24-16-8-7-15-23(24)31(36-32)39-29-20-12-4-3-11-19(20)27(34-29)37-25;/h1-16H;/q;+2. The second kappa shape index (κ2) is 8.89. The van der Waals surface area contributed by atoms with E-state index < -0.39 is 0 Å². The number of hydrogen-bond donors (Lipinski definition) is 0. The van der Waals surface area contributed by atoms with Crippen molar-refractivity contribution >= 4 is 46.7 Å². The second-order valence-electron chi connectivity index (χ2n) is 9.67. The molecule has 4 aromatic rings. The van der Waals surface area contributed by atoms with Crippen LogP contribution in [0.2, 0.25) is 0 Å². The summed E-state index contributed by atoms with van der Waals surface area (Å²) in [4.78, 5) is 39.3. The number of fused-ring (bicyclic) bond motifs is 16. The van der Waals surface area contributed by atoms with Crippen LogP contribution in [0, 0.1) is 0 Å². The van der Waals surface area contributed by atoms with Crippen molar-refractivity contribution in [1.29, 1.82) is 0 Å². The minimum atomic E-state index is 0. The van der Waals surface area contributed by atoms with Gasteiger partial charge in [0.15, 0.2) is 46.7 Å². The fourth-order valence-electron chi connectivity index (χ4n) is 5.46. The topological polar surface area (TPSA) is 98.9 Å². The molecule has 9 heteroatoms. The zero-order valence-corrected chi connectivity index (χ0v) is 22.4. The van der Waals surface area contributed by atoms with Gasteiger partial charge in [-0.1, -0.05) is 97.1 Å². The molecule has 4 aromatic carbocycles. The quantitative estimate of drug-likeness (QED) is 0.272. The van der Waals surface area contributed by atoms with Crippen molar-refractivity contribution in [1.82, 2.24) is 0 Å². The molecular formula is C32H16MnN8+2. The number of nitrogens with zero attached hydrogens (tertiary/aromatic N) is 8. The van der Waals surface area contributed by atoms with Crippen LogP contribution in [0.1, 0.15) is 44.5 Å². The average Bonchev–Trinajstić information content (AvgIpc) is 3.73. The maximum atomic E-state index is 4.95. The zero-order valence-electron chi connectivity index (χ0n) is 21.2. The molecule has 1 radical (unpaired) electrons. The molecule has 189 valence electrons. The predicted molar refractivity (Wildman–Crippen MR) is 158 cm³/mol. The van der Waals surface area contributed by atoms with E-state index in [-0.39, 0.29) is 17.1 Å². The van der Waals surface area contributed by atoms with Gasteiger partial charge >= 0.3 is 17.1 Å². The predicted octanol–water partition coefficient (Wildman–Crippen LogP) is 4.83. The Morgan fingerprint density at radius 1 is 0.220 bits per heavy atom. The average molecular weight is 567 g/mol. The van der Waals surface area contributed by atoms with Gasteiger partial charge in [0, 0.05) is 44.5 Å². The molecule has 0 atom stereocenters. The molecule has 0 unspecified atom stereocenters. The van der Waals surface area contributed by atoms with E-state index in [0.29, 0.717) is 46.7 Å². The molecule has 5 aliphatic heterocycles. The Kier molecular flexibility index (Phi) is 5.12. The van der Waals surface area contributed by atoms with E-state index >= 15 is 0 Å². The smallest absolute Gasteiger partial charge is 0.208 e. The minimum absolute atomic E-state index is 0. The maximum absolute atomic E-state index is 4.95. The Labute approximate surface area is 244 Å². The fraction of sp³-hybridized carbons (Fsp3) is 0. The van der Waals surface area contributed by atoms with Gasteiger partial charge in [-0.3, -0.25) is 0 Å². The molecular weight excluding hydrogens is 551 g/mol. The van der Waals surface area contributed by atoms with Crippen molar-refractivity contribution in [3.8, 4) is 0 Å². The molecule has 9 rings (SSSR count). The van der Waals surface area contributed by atoms with E-state index in [0.717, 1.165) is 44.5 Å². The number of rotatable bonds is 0. The van der Waals surface area contributed by atoms with E-state index in [4.69, 9.17) is 39.9 Å². The van der Waals surface area contributed by atoms with Crippen LogP contribution in [-0.2, 0) is 17.1 Å². The van der Waals surface area contributed by atoms with Crippen LogP contribution in [0.25, 0.3) is 0 Å². The minimum Gasteiger partial charge on any atom is -0.208 e. The van der Waals surface area contributed by atoms with E-state index in [1.807, 2.05) is 97.1 Å². The van der Waals surface area contributed by atoms with Crippen molar-refractivity contribution in [2.24, 2.45) is 39.9 Å². The van der Waals surface area contributed by atoms with Gasteiger partial charge in [0.25, 0.3) is 0 Å². The summed E-state index contributed by atoms with van der Waals surface area (Å²) in [6.45, 7) is 0. The molecule has 0 amide bonds. The van der Waals surface area contributed by atoms with Crippen molar-refractivity contribution in [2.45, 2.75) is 0 Å². The molecule has 5 aliphatic rings. The van der Waals surface area contributed by atoms with Gasteiger partial charge in [-0.2, -0.15) is 0 Å². The largest absolute Gasteiger partial charge is 2.00 e. The van der Waals surface area contributed by atoms with Crippen LogP contribution in [0.15, 0.2) is 137 Å². The number of hydrogen-bond acceptors (Lipinski definition) is 8. The van der Waals surface area contributed by atoms with E-state index in [2.05, 4.69) is 0 Å². The summed E-state index contributed by atoms with van der Waals surface area (Å²) in [5, 5.41) is 0. The second-order valence-corrected chi connectivity index (χ2v) is 9.67. The van der Waals surface area contributed by atoms with Crippen LogP contribution >= 0.6 is 0 Å². The van der Waals surface area contributed by atoms with Crippen molar-refractivity contribution in [3.63, 3.8) is 0 Å². The van der Waals surface area contributed by atoms with Gasteiger partial charge in [0.1, 0.15) is 0 Å². The molecule has 8 nitrogen and oxygen atoms in total. The summed E-state index contributed by atoms with van der Waals surface area (Å²) < 4.78 is 0. The number of aliphatic imine (C=N–C) groups is 8. The Bertz CT molecular complexity index is 1790. The van der Waals surface area contributed by atoms with E-state index in [9.17, 15) is 0 Å². The molecule has 0 spiro atoms. The first-order valence-electron chi connectivity index (χ1n) is 12.9. The summed E-state index contributed by atoms with van der Waals surface area (Å²) in [5.74, 6) is 4.42. The van der Waals surface area contributed by atoms with Gasteiger partial charge in [-0.25, -0.2) is 39.9 Å². The van der Waals surface area contributed by atoms with E-state index in [1.165, 1.54) is 0 Å². The van der Waals surface area contributed by atoms with Crippen LogP contribution < -0.4 is 0 Å². The number of amidine groups is 8. The Hall–Kier alpha value is -5.24. The molecule has 41 heavy (non-hydrogen) atoms. The van der Waals surface area contributed by atoms with Crippen LogP contribution in [0.5, 0.6) is 0 Å². The van der Waals surface area contributed by atoms with Crippen LogP contribution in [-0.4, -0.2) is 46.7 Å². The Morgan fingerprint density at radius 2 is 0.341 bits per heavy atom. The number of benzene rings is 4. The Morgan fingerprint density at radius 3 is 0.463 bits per heavy atom. The van der Waals surface area contributed by atoms with Gasteiger partial charge in [0.2, 0.25) is 0 Å². The molecule has 0 saturated carbocycles. The summed E-state index contributed by atoms with van der Waals surface area (Å²) in [7, 11) is 0. The molecule has 5 heterocycles. The Balaban J connectivity index is 0.00000256. The normalized spacial score (nSPS) is 16.8. The third-order valence-corrected chi connectivity index (χ3v) is 7.33. The molecule has 0 aliphatic carbocycles. The van der Waals surface area contributed by atoms with Crippen molar-refractivity contribution in [2.75, 3.05) is 0 Å². The molecule has 0 saturated heterocycles. The van der Waals surface area contributed by atoms with Gasteiger partial charge in [0.05, 0.1) is 0 Å². The first kappa shape index (κ1) is 23.6. The van der Waals surface area contributed by atoms with Gasteiger partial charge < -0.3 is 0 Å². The van der Waals surface area contributed by atoms with Gasteiger partial charge in [-0.05, 0) is 0 Å². The molecule has 0 aromatic heterocycles. The first-order valence-corrected chi connectivity index (χ1v) is 12.9. The third-order valence-electron chi connectivity index (χ3n) is 7.33. The summed E-state index contributed by atoms with van der Waals surface area (Å²) in [6.07, 6.45) is 0. The molecule has 0 N–H and O–H groups in total. The van der Waals surface area contributed by atoms with E-state index in [1.54, 1.807) is 0 Å². The summed E-state index contributed by atoms with van der Waals surface area (Å²) in [5.41, 5.74) is 7.15. The monoisotopic (exact) mass is 567 g/mol. The van der Waals surface area contributed by atoms with Crippen molar-refractivity contribution < 1.29 is 17.1 Å². The zero-order chi connectivity index (χ0) is 26.2. The van der Waals surface area contributed by atoms with Crippen LogP contribution in [0.4, 0.5) is 0 Å². The van der Waals surface area contributed by atoms with Crippen molar-refractivity contribution in [3.05, 3.63) is 142 Å². The van der Waals surface area contributed by atoms with Crippen LogP contribution in [0.3, 0.4) is 0 Å². The fourth-order valence-corrected chi connectivity index (χ4v) is 5.46.